The van der Waals surface area contributed by atoms with E-state index in [9.17, 15) is 14.7 Å². The summed E-state index contributed by atoms with van der Waals surface area (Å²) in [6.07, 6.45) is 0.236. The molecule has 5 nitrogen and oxygen atoms in total. The van der Waals surface area contributed by atoms with Crippen LogP contribution in [0.15, 0.2) is 54.6 Å². The first-order valence-electron chi connectivity index (χ1n) is 7.34. The number of carboxylic acid groups (broad SMARTS) is 1. The SMILES string of the molecule is NC(=O)C1C[C@]1(C(=O)O)c1cccc(OCc2ccccc2)c1. The van der Waals surface area contributed by atoms with E-state index in [-0.39, 0.29) is 6.42 Å². The Morgan fingerprint density at radius 3 is 2.52 bits per heavy atom. The highest BCUT2D eigenvalue weighted by Gasteiger charge is 2.64. The summed E-state index contributed by atoms with van der Waals surface area (Å²) >= 11 is 0. The van der Waals surface area contributed by atoms with Crippen molar-refractivity contribution >= 4 is 11.9 Å². The highest BCUT2D eigenvalue weighted by atomic mass is 16.5. The molecule has 1 fully saturated rings. The number of primary amides is 1. The van der Waals surface area contributed by atoms with Crippen molar-refractivity contribution in [3.8, 4) is 5.75 Å². The van der Waals surface area contributed by atoms with E-state index in [1.165, 1.54) is 0 Å². The minimum absolute atomic E-state index is 0.236. The van der Waals surface area contributed by atoms with Crippen molar-refractivity contribution in [1.82, 2.24) is 0 Å². The lowest BCUT2D eigenvalue weighted by atomic mass is 9.93. The molecule has 1 unspecified atom stereocenters. The summed E-state index contributed by atoms with van der Waals surface area (Å²) in [5.41, 5.74) is 5.65. The predicted octanol–water partition coefficient (Wildman–Crippen LogP) is 2.09. The Balaban J connectivity index is 1.80. The molecule has 0 heterocycles. The zero-order chi connectivity index (χ0) is 16.4. The lowest BCUT2D eigenvalue weighted by Crippen LogP contribution is -2.28. The summed E-state index contributed by atoms with van der Waals surface area (Å²) < 4.78 is 5.72. The number of carbonyl (C=O) groups is 2. The third kappa shape index (κ3) is 2.77. The van der Waals surface area contributed by atoms with E-state index in [2.05, 4.69) is 0 Å². The molecule has 0 aromatic heterocycles. The highest BCUT2D eigenvalue weighted by molar-refractivity contribution is 5.96. The van der Waals surface area contributed by atoms with Crippen LogP contribution in [-0.4, -0.2) is 17.0 Å². The van der Waals surface area contributed by atoms with Gasteiger partial charge >= 0.3 is 5.97 Å². The lowest BCUT2D eigenvalue weighted by Gasteiger charge is -2.14. The highest BCUT2D eigenvalue weighted by Crippen LogP contribution is 2.54. The molecular formula is C18H17NO4. The van der Waals surface area contributed by atoms with Crippen LogP contribution in [-0.2, 0) is 21.6 Å². The molecule has 1 aliphatic rings. The Morgan fingerprint density at radius 1 is 1.17 bits per heavy atom. The lowest BCUT2D eigenvalue weighted by molar-refractivity contribution is -0.141. The monoisotopic (exact) mass is 311 g/mol. The van der Waals surface area contributed by atoms with Gasteiger partial charge < -0.3 is 15.6 Å². The number of amides is 1. The van der Waals surface area contributed by atoms with E-state index < -0.39 is 23.2 Å². The average molecular weight is 311 g/mol. The van der Waals surface area contributed by atoms with E-state index in [1.54, 1.807) is 24.3 Å². The molecule has 23 heavy (non-hydrogen) atoms. The smallest absolute Gasteiger partial charge is 0.314 e. The molecule has 0 radical (unpaired) electrons. The molecule has 1 saturated carbocycles. The molecule has 0 saturated heterocycles. The Morgan fingerprint density at radius 2 is 1.91 bits per heavy atom. The number of hydrogen-bond donors (Lipinski definition) is 2. The van der Waals surface area contributed by atoms with Crippen molar-refractivity contribution < 1.29 is 19.4 Å². The van der Waals surface area contributed by atoms with Gasteiger partial charge in [0, 0.05) is 0 Å². The third-order valence-electron chi connectivity index (χ3n) is 4.28. The van der Waals surface area contributed by atoms with E-state index in [0.29, 0.717) is 17.9 Å². The molecule has 1 amide bonds. The molecule has 0 aliphatic heterocycles. The van der Waals surface area contributed by atoms with Crippen LogP contribution >= 0.6 is 0 Å². The van der Waals surface area contributed by atoms with E-state index in [4.69, 9.17) is 10.5 Å². The number of hydrogen-bond acceptors (Lipinski definition) is 3. The van der Waals surface area contributed by atoms with Gasteiger partial charge in [-0.25, -0.2) is 0 Å². The Labute approximate surface area is 133 Å². The molecule has 2 atom stereocenters. The first-order chi connectivity index (χ1) is 11.0. The number of ether oxygens (including phenoxy) is 1. The standard InChI is InChI=1S/C18H17NO4/c19-16(20)15-10-18(15,17(21)22)13-7-4-8-14(9-13)23-11-12-5-2-1-3-6-12/h1-9,15H,10-11H2,(H2,19,20)(H,21,22)/t15?,18-/m0/s1. The molecule has 2 aromatic carbocycles. The number of aliphatic carboxylic acids is 1. The number of nitrogens with two attached hydrogens (primary N) is 1. The Hall–Kier alpha value is -2.82. The average Bonchev–Trinajstić information content (AvgIpc) is 3.32. The van der Waals surface area contributed by atoms with Crippen molar-refractivity contribution in [2.75, 3.05) is 0 Å². The molecule has 118 valence electrons. The zero-order valence-corrected chi connectivity index (χ0v) is 12.4. The second-order valence-electron chi connectivity index (χ2n) is 5.74. The Kier molecular flexibility index (Phi) is 3.78. The maximum atomic E-state index is 11.6. The topological polar surface area (TPSA) is 89.6 Å². The van der Waals surface area contributed by atoms with E-state index in [0.717, 1.165) is 5.56 Å². The number of carboxylic acids is 1. The fraction of sp³-hybridized carbons (Fsp3) is 0.222. The predicted molar refractivity (Wildman–Crippen MR) is 83.8 cm³/mol. The van der Waals surface area contributed by atoms with Crippen LogP contribution < -0.4 is 10.5 Å². The van der Waals surface area contributed by atoms with Gasteiger partial charge in [-0.2, -0.15) is 0 Å². The molecule has 0 bridgehead atoms. The van der Waals surface area contributed by atoms with Gasteiger partial charge in [-0.1, -0.05) is 42.5 Å². The fourth-order valence-electron chi connectivity index (χ4n) is 2.89. The second-order valence-corrected chi connectivity index (χ2v) is 5.74. The van der Waals surface area contributed by atoms with Crippen molar-refractivity contribution in [3.05, 3.63) is 65.7 Å². The van der Waals surface area contributed by atoms with Crippen LogP contribution in [0.2, 0.25) is 0 Å². The fourth-order valence-corrected chi connectivity index (χ4v) is 2.89. The largest absolute Gasteiger partial charge is 0.489 e. The van der Waals surface area contributed by atoms with Crippen molar-refractivity contribution in [2.24, 2.45) is 11.7 Å². The van der Waals surface area contributed by atoms with Crippen LogP contribution in [0.4, 0.5) is 0 Å². The molecule has 3 rings (SSSR count). The summed E-state index contributed by atoms with van der Waals surface area (Å²) in [5.74, 6) is -1.70. The summed E-state index contributed by atoms with van der Waals surface area (Å²) in [6, 6.07) is 16.6. The van der Waals surface area contributed by atoms with Crippen LogP contribution in [0.3, 0.4) is 0 Å². The molecule has 5 heteroatoms. The molecule has 1 aliphatic carbocycles. The van der Waals surface area contributed by atoms with Crippen LogP contribution in [0.5, 0.6) is 5.75 Å². The van der Waals surface area contributed by atoms with Crippen molar-refractivity contribution in [1.29, 1.82) is 0 Å². The van der Waals surface area contributed by atoms with Gasteiger partial charge in [0.2, 0.25) is 5.91 Å². The van der Waals surface area contributed by atoms with Crippen LogP contribution in [0.25, 0.3) is 0 Å². The molecule has 3 N–H and O–H groups in total. The first-order valence-corrected chi connectivity index (χ1v) is 7.34. The van der Waals surface area contributed by atoms with Gasteiger partial charge in [0.25, 0.3) is 0 Å². The van der Waals surface area contributed by atoms with Gasteiger partial charge in [-0.3, -0.25) is 9.59 Å². The van der Waals surface area contributed by atoms with E-state index >= 15 is 0 Å². The maximum Gasteiger partial charge on any atom is 0.314 e. The minimum Gasteiger partial charge on any atom is -0.489 e. The molecule has 0 spiro atoms. The molecule has 2 aromatic rings. The maximum absolute atomic E-state index is 11.6. The number of benzene rings is 2. The number of rotatable bonds is 6. The van der Waals surface area contributed by atoms with Gasteiger partial charge in [-0.15, -0.1) is 0 Å². The van der Waals surface area contributed by atoms with Crippen LogP contribution in [0.1, 0.15) is 17.5 Å². The summed E-state index contributed by atoms with van der Waals surface area (Å²) in [5, 5.41) is 9.53. The van der Waals surface area contributed by atoms with Gasteiger partial charge in [0.15, 0.2) is 0 Å². The summed E-state index contributed by atoms with van der Waals surface area (Å²) in [7, 11) is 0. The van der Waals surface area contributed by atoms with E-state index in [1.807, 2.05) is 30.3 Å². The minimum atomic E-state index is -1.21. The quantitative estimate of drug-likeness (QED) is 0.855. The van der Waals surface area contributed by atoms with Gasteiger partial charge in [0.05, 0.1) is 5.92 Å². The normalized spacial score (nSPS) is 22.3. The third-order valence-corrected chi connectivity index (χ3v) is 4.28. The Bertz CT molecular complexity index is 744. The number of carbonyl (C=O) groups excluding carboxylic acids is 1. The van der Waals surface area contributed by atoms with Crippen LogP contribution in [0, 0.1) is 5.92 Å². The summed E-state index contributed by atoms with van der Waals surface area (Å²) in [4.78, 5) is 23.0. The zero-order valence-electron chi connectivity index (χ0n) is 12.4. The molecular weight excluding hydrogens is 294 g/mol. The van der Waals surface area contributed by atoms with Gasteiger partial charge in [0.1, 0.15) is 17.8 Å². The van der Waals surface area contributed by atoms with Crippen molar-refractivity contribution in [3.63, 3.8) is 0 Å². The summed E-state index contributed by atoms with van der Waals surface area (Å²) in [6.45, 7) is 0.392. The van der Waals surface area contributed by atoms with Crippen molar-refractivity contribution in [2.45, 2.75) is 18.4 Å². The first kappa shape index (κ1) is 15.1. The second kappa shape index (κ2) is 5.76. The van der Waals surface area contributed by atoms with Gasteiger partial charge in [-0.05, 0) is 29.7 Å².